The molecule has 1 unspecified atom stereocenters. The largest absolute Gasteiger partial charge is 0.489 e. The summed E-state index contributed by atoms with van der Waals surface area (Å²) in [6.45, 7) is 2.27. The van der Waals surface area contributed by atoms with Crippen molar-refractivity contribution in [3.8, 4) is 5.75 Å². The van der Waals surface area contributed by atoms with E-state index >= 15 is 0 Å². The predicted octanol–water partition coefficient (Wildman–Crippen LogP) is 0.940. The molecular weight excluding hydrogens is 220 g/mol. The van der Waals surface area contributed by atoms with Crippen LogP contribution in [0.4, 0.5) is 0 Å². The molecule has 84 valence electrons. The maximum Gasteiger partial charge on any atom is 0.297 e. The smallest absolute Gasteiger partial charge is 0.297 e. The zero-order valence-electron chi connectivity index (χ0n) is 8.86. The van der Waals surface area contributed by atoms with Crippen LogP contribution < -0.4 is 10.3 Å². The number of nitrogens with zero attached hydrogens (tertiary/aromatic N) is 2. The normalized spacial score (nSPS) is 12.5. The Labute approximate surface area is 92.6 Å². The van der Waals surface area contributed by atoms with Crippen molar-refractivity contribution < 1.29 is 9.47 Å². The maximum absolute atomic E-state index is 11.7. The first-order valence-electron chi connectivity index (χ1n) is 4.41. The van der Waals surface area contributed by atoms with E-state index < -0.39 is 0 Å². The van der Waals surface area contributed by atoms with Crippen LogP contribution in [-0.2, 0) is 11.3 Å². The molecule has 0 amide bonds. The van der Waals surface area contributed by atoms with Gasteiger partial charge >= 0.3 is 0 Å². The summed E-state index contributed by atoms with van der Waals surface area (Å²) in [4.78, 5) is 15.6. The summed E-state index contributed by atoms with van der Waals surface area (Å²) in [6, 6.07) is 0. The van der Waals surface area contributed by atoms with Gasteiger partial charge in [-0.1, -0.05) is 11.6 Å². The van der Waals surface area contributed by atoms with Gasteiger partial charge in [-0.2, -0.15) is 0 Å². The van der Waals surface area contributed by atoms with E-state index in [1.165, 1.54) is 18.0 Å². The van der Waals surface area contributed by atoms with Gasteiger partial charge in [-0.15, -0.1) is 0 Å². The molecule has 1 rings (SSSR count). The van der Waals surface area contributed by atoms with Crippen molar-refractivity contribution in [3.05, 3.63) is 21.8 Å². The molecule has 15 heavy (non-hydrogen) atoms. The van der Waals surface area contributed by atoms with Crippen LogP contribution in [0.15, 0.2) is 11.1 Å². The number of aromatic nitrogens is 2. The van der Waals surface area contributed by atoms with Gasteiger partial charge in [0.2, 0.25) is 5.75 Å². The van der Waals surface area contributed by atoms with Gasteiger partial charge in [-0.05, 0) is 6.92 Å². The summed E-state index contributed by atoms with van der Waals surface area (Å²) >= 11 is 5.69. The number of hydrogen-bond acceptors (Lipinski definition) is 4. The topological polar surface area (TPSA) is 53.4 Å². The van der Waals surface area contributed by atoms with Gasteiger partial charge in [0, 0.05) is 7.11 Å². The summed E-state index contributed by atoms with van der Waals surface area (Å²) in [5.74, 6) is 0.0578. The van der Waals surface area contributed by atoms with Crippen LogP contribution in [0, 0.1) is 0 Å². The predicted molar refractivity (Wildman–Crippen MR) is 56.5 cm³/mol. The number of ether oxygens (including phenoxy) is 2. The molecule has 1 aromatic rings. The summed E-state index contributed by atoms with van der Waals surface area (Å²) < 4.78 is 11.3. The monoisotopic (exact) mass is 232 g/mol. The van der Waals surface area contributed by atoms with Crippen LogP contribution >= 0.6 is 11.6 Å². The Bertz CT molecular complexity index is 391. The van der Waals surface area contributed by atoms with Crippen LogP contribution in [0.25, 0.3) is 0 Å². The van der Waals surface area contributed by atoms with Gasteiger partial charge in [-0.3, -0.25) is 9.36 Å². The Kier molecular flexibility index (Phi) is 4.11. The quantitative estimate of drug-likeness (QED) is 0.725. The van der Waals surface area contributed by atoms with Crippen LogP contribution in [-0.4, -0.2) is 29.9 Å². The van der Waals surface area contributed by atoms with E-state index in [-0.39, 0.29) is 22.6 Å². The first-order valence-corrected chi connectivity index (χ1v) is 4.79. The third-order valence-corrected chi connectivity index (χ3v) is 2.28. The Morgan fingerprint density at radius 1 is 1.60 bits per heavy atom. The molecule has 0 saturated heterocycles. The molecule has 0 saturated carbocycles. The molecule has 1 aromatic heterocycles. The average Bonchev–Trinajstić information content (AvgIpc) is 2.23. The molecule has 0 aliphatic rings. The summed E-state index contributed by atoms with van der Waals surface area (Å²) in [7, 11) is 2.96. The van der Waals surface area contributed by atoms with Crippen molar-refractivity contribution in [1.82, 2.24) is 9.55 Å². The Morgan fingerprint density at radius 2 is 2.27 bits per heavy atom. The molecule has 5 nitrogen and oxygen atoms in total. The van der Waals surface area contributed by atoms with E-state index in [0.29, 0.717) is 6.54 Å². The zero-order valence-corrected chi connectivity index (χ0v) is 9.61. The first kappa shape index (κ1) is 12.0. The van der Waals surface area contributed by atoms with E-state index in [2.05, 4.69) is 4.98 Å². The highest BCUT2D eigenvalue weighted by Crippen LogP contribution is 2.14. The molecule has 1 atom stereocenters. The van der Waals surface area contributed by atoms with Crippen molar-refractivity contribution in [2.24, 2.45) is 0 Å². The second-order valence-corrected chi connectivity index (χ2v) is 3.43. The minimum Gasteiger partial charge on any atom is -0.489 e. The van der Waals surface area contributed by atoms with Gasteiger partial charge in [0.25, 0.3) is 5.56 Å². The second-order valence-electron chi connectivity index (χ2n) is 3.07. The van der Waals surface area contributed by atoms with E-state index in [1.54, 1.807) is 7.11 Å². The lowest BCUT2D eigenvalue weighted by molar-refractivity contribution is 0.102. The lowest BCUT2D eigenvalue weighted by Crippen LogP contribution is -2.27. The highest BCUT2D eigenvalue weighted by atomic mass is 35.5. The van der Waals surface area contributed by atoms with E-state index in [4.69, 9.17) is 21.1 Å². The van der Waals surface area contributed by atoms with Crippen molar-refractivity contribution in [2.45, 2.75) is 19.6 Å². The van der Waals surface area contributed by atoms with E-state index in [0.717, 1.165) is 0 Å². The second kappa shape index (κ2) is 5.14. The molecule has 0 radical (unpaired) electrons. The number of rotatable bonds is 4. The number of halogens is 1. The number of methoxy groups -OCH3 is 2. The van der Waals surface area contributed by atoms with Gasteiger partial charge in [0.05, 0.1) is 26.1 Å². The standard InChI is InChI=1S/C9H13ClN2O3/c1-6(14-2)4-12-5-11-8(10)7(15-3)9(12)13/h5-6H,4H2,1-3H3. The molecule has 0 bridgehead atoms. The van der Waals surface area contributed by atoms with Crippen molar-refractivity contribution in [2.75, 3.05) is 14.2 Å². The van der Waals surface area contributed by atoms with E-state index in [1.807, 2.05) is 6.92 Å². The third kappa shape index (κ3) is 2.70. The molecule has 0 aliphatic carbocycles. The Morgan fingerprint density at radius 3 is 2.80 bits per heavy atom. The number of hydrogen-bond donors (Lipinski definition) is 0. The fourth-order valence-electron chi connectivity index (χ4n) is 1.10. The van der Waals surface area contributed by atoms with Crippen LogP contribution in [0.2, 0.25) is 5.15 Å². The minimum absolute atomic E-state index is 0.0578. The fraction of sp³-hybridized carbons (Fsp3) is 0.556. The molecule has 0 fully saturated rings. The summed E-state index contributed by atoms with van der Waals surface area (Å²) in [5, 5.41) is 0.0730. The molecule has 1 heterocycles. The molecule has 0 aliphatic heterocycles. The molecular formula is C9H13ClN2O3. The third-order valence-electron chi connectivity index (χ3n) is 2.01. The molecule has 0 N–H and O–H groups in total. The van der Waals surface area contributed by atoms with Gasteiger partial charge in [0.1, 0.15) is 0 Å². The first-order chi connectivity index (χ1) is 7.10. The van der Waals surface area contributed by atoms with Crippen LogP contribution in [0.1, 0.15) is 6.92 Å². The Balaban J connectivity index is 3.06. The Hall–Kier alpha value is -1.07. The molecule has 0 aromatic carbocycles. The van der Waals surface area contributed by atoms with E-state index in [9.17, 15) is 4.79 Å². The minimum atomic E-state index is -0.304. The lowest BCUT2D eigenvalue weighted by Gasteiger charge is -2.12. The van der Waals surface area contributed by atoms with Crippen LogP contribution in [0.3, 0.4) is 0 Å². The van der Waals surface area contributed by atoms with Gasteiger partial charge in [-0.25, -0.2) is 4.98 Å². The van der Waals surface area contributed by atoms with Gasteiger partial charge in [0.15, 0.2) is 5.15 Å². The average molecular weight is 233 g/mol. The molecule has 0 spiro atoms. The van der Waals surface area contributed by atoms with Crippen molar-refractivity contribution >= 4 is 11.6 Å². The maximum atomic E-state index is 11.7. The highest BCUT2D eigenvalue weighted by Gasteiger charge is 2.11. The zero-order chi connectivity index (χ0) is 11.4. The SMILES string of the molecule is COc1c(Cl)ncn(CC(C)OC)c1=O. The lowest BCUT2D eigenvalue weighted by atomic mass is 10.4. The van der Waals surface area contributed by atoms with Crippen molar-refractivity contribution in [1.29, 1.82) is 0 Å². The molecule has 6 heteroatoms. The summed E-state index contributed by atoms with van der Waals surface area (Å²) in [5.41, 5.74) is -0.304. The highest BCUT2D eigenvalue weighted by molar-refractivity contribution is 6.30. The fourth-order valence-corrected chi connectivity index (χ4v) is 1.30. The van der Waals surface area contributed by atoms with Crippen LogP contribution in [0.5, 0.6) is 5.75 Å². The summed E-state index contributed by atoms with van der Waals surface area (Å²) in [6.07, 6.45) is 1.30. The van der Waals surface area contributed by atoms with Gasteiger partial charge < -0.3 is 9.47 Å². The van der Waals surface area contributed by atoms with Crippen molar-refractivity contribution in [3.63, 3.8) is 0 Å².